The number of ether oxygens (including phenoxy) is 1. The van der Waals surface area contributed by atoms with Gasteiger partial charge in [-0.15, -0.1) is 0 Å². The summed E-state index contributed by atoms with van der Waals surface area (Å²) < 4.78 is 5.16. The summed E-state index contributed by atoms with van der Waals surface area (Å²) >= 11 is 10.4. The van der Waals surface area contributed by atoms with Gasteiger partial charge in [-0.05, 0) is 40.4 Å². The number of rotatable bonds is 3. The third-order valence-electron chi connectivity index (χ3n) is 2.99. The van der Waals surface area contributed by atoms with Crippen LogP contribution in [0.1, 0.15) is 27.2 Å². The normalized spacial score (nSPS) is 12.1. The zero-order chi connectivity index (χ0) is 15.9. The molecule has 0 spiro atoms. The molecule has 22 heavy (non-hydrogen) atoms. The number of carbonyl (C=O) groups excluding carboxylic acids is 2. The molecular weight excluding hydrogens is 325 g/mol. The van der Waals surface area contributed by atoms with Crippen LogP contribution in [0.4, 0.5) is 0 Å². The van der Waals surface area contributed by atoms with Crippen LogP contribution in [0.2, 0.25) is 0 Å². The van der Waals surface area contributed by atoms with Crippen molar-refractivity contribution in [3.63, 3.8) is 0 Å². The molecule has 2 heterocycles. The maximum absolute atomic E-state index is 10.7. The van der Waals surface area contributed by atoms with Gasteiger partial charge in [0.15, 0.2) is 0 Å². The van der Waals surface area contributed by atoms with Crippen molar-refractivity contribution in [3.8, 4) is 0 Å². The van der Waals surface area contributed by atoms with Crippen molar-refractivity contribution < 1.29 is 14.3 Å². The first-order valence-electron chi connectivity index (χ1n) is 6.54. The number of aromatic nitrogens is 1. The van der Waals surface area contributed by atoms with Crippen LogP contribution >= 0.6 is 23.2 Å². The monoisotopic (exact) mass is 337 g/mol. The first kappa shape index (κ1) is 16.6. The average molecular weight is 338 g/mol. The van der Waals surface area contributed by atoms with Gasteiger partial charge in [0.1, 0.15) is 5.69 Å². The van der Waals surface area contributed by atoms with Crippen molar-refractivity contribution in [2.45, 2.75) is 19.6 Å². The molecule has 2 aromatic rings. The highest BCUT2D eigenvalue weighted by atomic mass is 35.5. The third kappa shape index (κ3) is 4.91. The Morgan fingerprint density at radius 3 is 2.41 bits per heavy atom. The van der Waals surface area contributed by atoms with Gasteiger partial charge in [0.2, 0.25) is 5.24 Å². The molecule has 3 rings (SSSR count). The maximum Gasteiger partial charge on any atom is 0.270 e. The van der Waals surface area contributed by atoms with Crippen molar-refractivity contribution in [2.24, 2.45) is 0 Å². The predicted molar refractivity (Wildman–Crippen MR) is 83.9 cm³/mol. The van der Waals surface area contributed by atoms with E-state index in [1.54, 1.807) is 12.3 Å². The zero-order valence-corrected chi connectivity index (χ0v) is 13.1. The van der Waals surface area contributed by atoms with Gasteiger partial charge in [0.25, 0.3) is 5.24 Å². The SMILES string of the molecule is O=C(Cl)Cc1ccccc1.O=C(Cl)c1cc2c(cn1)COC2. The Labute approximate surface area is 138 Å². The lowest BCUT2D eigenvalue weighted by atomic mass is 10.1. The van der Waals surface area contributed by atoms with Crippen LogP contribution in [0.5, 0.6) is 0 Å². The zero-order valence-electron chi connectivity index (χ0n) is 11.6. The van der Waals surface area contributed by atoms with E-state index in [0.29, 0.717) is 25.3 Å². The second-order valence-corrected chi connectivity index (χ2v) is 5.39. The first-order valence-corrected chi connectivity index (χ1v) is 7.29. The van der Waals surface area contributed by atoms with Crippen LogP contribution in [0, 0.1) is 0 Å². The summed E-state index contributed by atoms with van der Waals surface area (Å²) in [4.78, 5) is 25.0. The van der Waals surface area contributed by atoms with E-state index in [0.717, 1.165) is 16.7 Å². The Bertz CT molecular complexity index is 674. The Kier molecular flexibility index (Phi) is 6.07. The standard InChI is InChI=1S/C8H6ClNO2.C8H7ClO/c9-8(11)7-1-5-3-12-4-6(5)2-10-7;9-8(10)6-7-4-2-1-3-5-7/h1-2H,3-4H2;1-5H,6H2. The fraction of sp³-hybridized carbons (Fsp3) is 0.188. The van der Waals surface area contributed by atoms with Gasteiger partial charge in [-0.3, -0.25) is 14.6 Å². The lowest BCUT2D eigenvalue weighted by Gasteiger charge is -1.96. The molecule has 1 aromatic carbocycles. The van der Waals surface area contributed by atoms with Crippen LogP contribution in [0.25, 0.3) is 0 Å². The molecule has 1 aliphatic heterocycles. The van der Waals surface area contributed by atoms with E-state index in [2.05, 4.69) is 4.98 Å². The van der Waals surface area contributed by atoms with Crippen LogP contribution in [-0.4, -0.2) is 15.5 Å². The molecule has 0 radical (unpaired) electrons. The predicted octanol–water partition coefficient (Wildman–Crippen LogP) is 3.49. The van der Waals surface area contributed by atoms with E-state index in [4.69, 9.17) is 27.9 Å². The number of hydrogen-bond donors (Lipinski definition) is 0. The van der Waals surface area contributed by atoms with Gasteiger partial charge < -0.3 is 4.74 Å². The maximum atomic E-state index is 10.7. The second-order valence-electron chi connectivity index (χ2n) is 4.62. The summed E-state index contributed by atoms with van der Waals surface area (Å²) in [5, 5.41) is -0.837. The molecule has 0 unspecified atom stereocenters. The van der Waals surface area contributed by atoms with Gasteiger partial charge in [-0.25, -0.2) is 0 Å². The molecule has 1 aromatic heterocycles. The van der Waals surface area contributed by atoms with E-state index in [9.17, 15) is 9.59 Å². The lowest BCUT2D eigenvalue weighted by Crippen LogP contribution is -1.96. The molecule has 0 atom stereocenters. The van der Waals surface area contributed by atoms with E-state index in [1.165, 1.54) is 0 Å². The molecule has 0 saturated carbocycles. The molecule has 1 aliphatic rings. The molecule has 0 aliphatic carbocycles. The number of nitrogens with zero attached hydrogens (tertiary/aromatic N) is 1. The number of benzene rings is 1. The number of hydrogen-bond acceptors (Lipinski definition) is 4. The minimum Gasteiger partial charge on any atom is -0.372 e. The Hall–Kier alpha value is -1.75. The summed E-state index contributed by atoms with van der Waals surface area (Å²) in [5.41, 5.74) is 3.30. The largest absolute Gasteiger partial charge is 0.372 e. The second kappa shape index (κ2) is 8.03. The highest BCUT2D eigenvalue weighted by Crippen LogP contribution is 2.19. The Morgan fingerprint density at radius 1 is 1.09 bits per heavy atom. The van der Waals surface area contributed by atoms with Crippen LogP contribution in [0.3, 0.4) is 0 Å². The Balaban J connectivity index is 0.000000164. The van der Waals surface area contributed by atoms with E-state index in [-0.39, 0.29) is 5.24 Å². The van der Waals surface area contributed by atoms with Crippen molar-refractivity contribution in [2.75, 3.05) is 0 Å². The van der Waals surface area contributed by atoms with Crippen LogP contribution in [0.15, 0.2) is 42.6 Å². The van der Waals surface area contributed by atoms with Gasteiger partial charge in [0, 0.05) is 18.2 Å². The molecule has 0 N–H and O–H groups in total. The smallest absolute Gasteiger partial charge is 0.270 e. The third-order valence-corrected chi connectivity index (χ3v) is 3.31. The van der Waals surface area contributed by atoms with E-state index < -0.39 is 5.24 Å². The summed E-state index contributed by atoms with van der Waals surface area (Å²) in [5.74, 6) is 0. The molecule has 6 heteroatoms. The van der Waals surface area contributed by atoms with Crippen LogP contribution in [-0.2, 0) is 29.2 Å². The van der Waals surface area contributed by atoms with Gasteiger partial charge in [-0.2, -0.15) is 0 Å². The number of fused-ring (bicyclic) bond motifs is 1. The summed E-state index contributed by atoms with van der Waals surface area (Å²) in [7, 11) is 0. The minimum atomic E-state index is -0.523. The van der Waals surface area contributed by atoms with Gasteiger partial charge in [0.05, 0.1) is 13.2 Å². The fourth-order valence-electron chi connectivity index (χ4n) is 1.92. The first-order chi connectivity index (χ1) is 10.6. The minimum absolute atomic E-state index is 0.293. The van der Waals surface area contributed by atoms with E-state index in [1.807, 2.05) is 30.3 Å². The van der Waals surface area contributed by atoms with Crippen molar-refractivity contribution in [1.82, 2.24) is 4.98 Å². The molecule has 0 amide bonds. The molecule has 4 nitrogen and oxygen atoms in total. The average Bonchev–Trinajstić information content (AvgIpc) is 2.95. The number of pyridine rings is 1. The van der Waals surface area contributed by atoms with Crippen molar-refractivity contribution in [3.05, 3.63) is 65.0 Å². The molecule has 0 bridgehead atoms. The quantitative estimate of drug-likeness (QED) is 0.804. The topological polar surface area (TPSA) is 56.3 Å². The van der Waals surface area contributed by atoms with Gasteiger partial charge >= 0.3 is 0 Å². The van der Waals surface area contributed by atoms with Gasteiger partial charge in [-0.1, -0.05) is 30.3 Å². The lowest BCUT2D eigenvalue weighted by molar-refractivity contribution is -0.111. The van der Waals surface area contributed by atoms with E-state index >= 15 is 0 Å². The van der Waals surface area contributed by atoms with Crippen molar-refractivity contribution >= 4 is 33.7 Å². The number of carbonyl (C=O) groups is 2. The molecule has 114 valence electrons. The van der Waals surface area contributed by atoms with Crippen molar-refractivity contribution in [1.29, 1.82) is 0 Å². The number of halogens is 2. The summed E-state index contributed by atoms with van der Waals surface area (Å²) in [6.07, 6.45) is 1.96. The molecular formula is C16H13Cl2NO3. The molecule has 0 fully saturated rings. The Morgan fingerprint density at radius 2 is 1.77 bits per heavy atom. The summed E-state index contributed by atoms with van der Waals surface area (Å²) in [6, 6.07) is 11.1. The highest BCUT2D eigenvalue weighted by Gasteiger charge is 2.14. The summed E-state index contributed by atoms with van der Waals surface area (Å²) in [6.45, 7) is 1.13. The van der Waals surface area contributed by atoms with Crippen LogP contribution < -0.4 is 0 Å². The molecule has 0 saturated heterocycles. The highest BCUT2D eigenvalue weighted by molar-refractivity contribution is 6.67. The fourth-order valence-corrected chi connectivity index (χ4v) is 2.18.